The van der Waals surface area contributed by atoms with Crippen LogP contribution in [0.3, 0.4) is 0 Å². The monoisotopic (exact) mass is 251 g/mol. The number of nitro groups is 1. The number of ether oxygens (including phenoxy) is 1. The van der Waals surface area contributed by atoms with E-state index >= 15 is 0 Å². The number of rotatable bonds is 3. The molecular formula is C8H8F3N3O3. The van der Waals surface area contributed by atoms with Crippen molar-refractivity contribution in [3.8, 4) is 5.75 Å². The van der Waals surface area contributed by atoms with E-state index in [-0.39, 0.29) is 17.8 Å². The summed E-state index contributed by atoms with van der Waals surface area (Å²) in [5, 5.41) is 10.5. The molecule has 0 aromatic carbocycles. The van der Waals surface area contributed by atoms with Crippen LogP contribution in [-0.2, 0) is 6.54 Å². The van der Waals surface area contributed by atoms with Crippen molar-refractivity contribution in [2.45, 2.75) is 19.8 Å². The Hall–Kier alpha value is -1.90. The minimum absolute atomic E-state index is 0.189. The first-order chi connectivity index (χ1) is 7.76. The van der Waals surface area contributed by atoms with Crippen molar-refractivity contribution in [3.05, 3.63) is 27.6 Å². The molecule has 94 valence electrons. The van der Waals surface area contributed by atoms with Crippen LogP contribution in [0.25, 0.3) is 0 Å². The Kier molecular flexibility index (Phi) is 3.51. The minimum atomic E-state index is -4.95. The summed E-state index contributed by atoms with van der Waals surface area (Å²) in [6.07, 6.45) is -4.10. The van der Waals surface area contributed by atoms with E-state index in [0.717, 1.165) is 13.1 Å². The van der Waals surface area contributed by atoms with Crippen LogP contribution in [-0.4, -0.2) is 16.3 Å². The van der Waals surface area contributed by atoms with E-state index in [1.165, 1.54) is 0 Å². The third-order valence-corrected chi connectivity index (χ3v) is 1.94. The molecule has 0 saturated heterocycles. The predicted molar refractivity (Wildman–Crippen MR) is 50.2 cm³/mol. The van der Waals surface area contributed by atoms with Gasteiger partial charge in [0.05, 0.1) is 16.2 Å². The Morgan fingerprint density at radius 1 is 1.59 bits per heavy atom. The highest BCUT2D eigenvalue weighted by Crippen LogP contribution is 2.33. The van der Waals surface area contributed by atoms with Gasteiger partial charge in [-0.25, -0.2) is 4.98 Å². The number of pyridine rings is 1. The van der Waals surface area contributed by atoms with E-state index in [4.69, 9.17) is 5.73 Å². The van der Waals surface area contributed by atoms with Crippen molar-refractivity contribution in [2.24, 2.45) is 5.73 Å². The molecular weight excluding hydrogens is 243 g/mol. The number of hydrogen-bond donors (Lipinski definition) is 1. The van der Waals surface area contributed by atoms with Gasteiger partial charge in [0.1, 0.15) is 6.20 Å². The summed E-state index contributed by atoms with van der Waals surface area (Å²) in [6.45, 7) is 0.824. The van der Waals surface area contributed by atoms with Gasteiger partial charge in [0, 0.05) is 6.54 Å². The van der Waals surface area contributed by atoms with E-state index in [9.17, 15) is 23.3 Å². The van der Waals surface area contributed by atoms with Crippen LogP contribution in [0.2, 0.25) is 0 Å². The zero-order valence-electron chi connectivity index (χ0n) is 8.61. The molecule has 0 spiro atoms. The number of hydrogen-bond acceptors (Lipinski definition) is 5. The molecule has 0 aliphatic rings. The lowest BCUT2D eigenvalue weighted by Gasteiger charge is -2.13. The topological polar surface area (TPSA) is 91.3 Å². The molecule has 0 amide bonds. The van der Waals surface area contributed by atoms with Gasteiger partial charge >= 0.3 is 6.36 Å². The van der Waals surface area contributed by atoms with Crippen LogP contribution in [0.1, 0.15) is 11.3 Å². The highest BCUT2D eigenvalue weighted by Gasteiger charge is 2.34. The van der Waals surface area contributed by atoms with E-state index < -0.39 is 22.7 Å². The maximum absolute atomic E-state index is 12.1. The van der Waals surface area contributed by atoms with Crippen LogP contribution in [0.4, 0.5) is 18.9 Å². The van der Waals surface area contributed by atoms with Crippen LogP contribution >= 0.6 is 0 Å². The quantitative estimate of drug-likeness (QED) is 0.651. The summed E-state index contributed by atoms with van der Waals surface area (Å²) in [5.41, 5.74) is 4.18. The molecule has 0 radical (unpaired) electrons. The summed E-state index contributed by atoms with van der Waals surface area (Å²) in [6, 6.07) is 0. The molecule has 0 saturated carbocycles. The van der Waals surface area contributed by atoms with Crippen molar-refractivity contribution in [1.82, 2.24) is 4.98 Å². The molecule has 0 atom stereocenters. The first-order valence-corrected chi connectivity index (χ1v) is 4.35. The molecule has 0 unspecified atom stereocenters. The SMILES string of the molecule is Cc1c([N+](=O)[O-])cnc(CN)c1OC(F)(F)F. The number of aromatic nitrogens is 1. The van der Waals surface area contributed by atoms with Gasteiger partial charge in [-0.2, -0.15) is 0 Å². The number of halogens is 3. The second-order valence-corrected chi connectivity index (χ2v) is 3.05. The molecule has 1 rings (SSSR count). The molecule has 0 aliphatic heterocycles. The second kappa shape index (κ2) is 4.53. The highest BCUT2D eigenvalue weighted by atomic mass is 19.4. The zero-order valence-corrected chi connectivity index (χ0v) is 8.61. The molecule has 17 heavy (non-hydrogen) atoms. The van der Waals surface area contributed by atoms with Crippen molar-refractivity contribution >= 4 is 5.69 Å². The van der Waals surface area contributed by atoms with Gasteiger partial charge in [-0.3, -0.25) is 10.1 Å². The van der Waals surface area contributed by atoms with Crippen LogP contribution in [0.5, 0.6) is 5.75 Å². The fourth-order valence-electron chi connectivity index (χ4n) is 1.21. The van der Waals surface area contributed by atoms with Gasteiger partial charge in [0.2, 0.25) is 0 Å². The molecule has 1 aromatic rings. The summed E-state index contributed by atoms with van der Waals surface area (Å²) in [5.74, 6) is -0.714. The number of alkyl halides is 3. The summed E-state index contributed by atoms with van der Waals surface area (Å²) in [7, 11) is 0. The zero-order chi connectivity index (χ0) is 13.2. The summed E-state index contributed by atoms with van der Waals surface area (Å²) < 4.78 is 40.0. The van der Waals surface area contributed by atoms with Crippen LogP contribution < -0.4 is 10.5 Å². The lowest BCUT2D eigenvalue weighted by molar-refractivity contribution is -0.386. The Morgan fingerprint density at radius 3 is 2.59 bits per heavy atom. The Labute approximate surface area is 93.3 Å². The first kappa shape index (κ1) is 13.2. The molecule has 9 heteroatoms. The van der Waals surface area contributed by atoms with Gasteiger partial charge < -0.3 is 10.5 Å². The minimum Gasteiger partial charge on any atom is -0.403 e. The van der Waals surface area contributed by atoms with Gasteiger partial charge in [-0.1, -0.05) is 0 Å². The standard InChI is InChI=1S/C8H8F3N3O3/c1-4-6(14(15)16)3-13-5(2-12)7(4)17-8(9,10)11/h3H,2,12H2,1H3. The molecule has 0 fully saturated rings. The van der Waals surface area contributed by atoms with Crippen molar-refractivity contribution in [1.29, 1.82) is 0 Å². The van der Waals surface area contributed by atoms with Crippen molar-refractivity contribution < 1.29 is 22.8 Å². The molecule has 6 nitrogen and oxygen atoms in total. The molecule has 2 N–H and O–H groups in total. The van der Waals surface area contributed by atoms with Crippen LogP contribution in [0.15, 0.2) is 6.20 Å². The van der Waals surface area contributed by atoms with Gasteiger partial charge in [0.15, 0.2) is 5.75 Å². The third-order valence-electron chi connectivity index (χ3n) is 1.94. The fraction of sp³-hybridized carbons (Fsp3) is 0.375. The Morgan fingerprint density at radius 2 is 2.18 bits per heavy atom. The van der Waals surface area contributed by atoms with Gasteiger partial charge in [-0.15, -0.1) is 13.2 Å². The largest absolute Gasteiger partial charge is 0.573 e. The average molecular weight is 251 g/mol. The van der Waals surface area contributed by atoms with E-state index in [2.05, 4.69) is 9.72 Å². The summed E-state index contributed by atoms with van der Waals surface area (Å²) in [4.78, 5) is 13.2. The van der Waals surface area contributed by atoms with Gasteiger partial charge in [-0.05, 0) is 6.92 Å². The van der Waals surface area contributed by atoms with E-state index in [0.29, 0.717) is 0 Å². The Balaban J connectivity index is 3.32. The van der Waals surface area contributed by atoms with Crippen LogP contribution in [0, 0.1) is 17.0 Å². The average Bonchev–Trinajstić information content (AvgIpc) is 2.18. The smallest absolute Gasteiger partial charge is 0.403 e. The van der Waals surface area contributed by atoms with Crippen molar-refractivity contribution in [3.63, 3.8) is 0 Å². The maximum Gasteiger partial charge on any atom is 0.573 e. The van der Waals surface area contributed by atoms with Gasteiger partial charge in [0.25, 0.3) is 5.69 Å². The van der Waals surface area contributed by atoms with E-state index in [1.807, 2.05) is 0 Å². The molecule has 0 bridgehead atoms. The van der Waals surface area contributed by atoms with E-state index in [1.54, 1.807) is 0 Å². The third kappa shape index (κ3) is 3.03. The number of nitrogens with zero attached hydrogens (tertiary/aromatic N) is 2. The highest BCUT2D eigenvalue weighted by molar-refractivity contribution is 5.49. The molecule has 1 heterocycles. The lowest BCUT2D eigenvalue weighted by atomic mass is 10.2. The predicted octanol–water partition coefficient (Wildman–Crippen LogP) is 1.66. The normalized spacial score (nSPS) is 11.4. The molecule has 0 aliphatic carbocycles. The fourth-order valence-corrected chi connectivity index (χ4v) is 1.21. The Bertz CT molecular complexity index is 448. The second-order valence-electron chi connectivity index (χ2n) is 3.05. The summed E-state index contributed by atoms with van der Waals surface area (Å²) >= 11 is 0. The number of nitrogens with two attached hydrogens (primary N) is 1. The maximum atomic E-state index is 12.1. The molecule has 1 aromatic heterocycles. The lowest BCUT2D eigenvalue weighted by Crippen LogP contribution is -2.20. The first-order valence-electron chi connectivity index (χ1n) is 4.35. The van der Waals surface area contributed by atoms with Crippen molar-refractivity contribution in [2.75, 3.05) is 0 Å².